The molecular formula is C21H34N2O2. The summed E-state index contributed by atoms with van der Waals surface area (Å²) in [5.74, 6) is 1.03. The molecule has 0 amide bonds. The summed E-state index contributed by atoms with van der Waals surface area (Å²) in [6.45, 7) is 6.67. The van der Waals surface area contributed by atoms with E-state index in [1.54, 1.807) is 7.11 Å². The quantitative estimate of drug-likeness (QED) is 0.822. The van der Waals surface area contributed by atoms with Crippen LogP contribution in [0.2, 0.25) is 0 Å². The van der Waals surface area contributed by atoms with Crippen LogP contribution in [0.5, 0.6) is 5.75 Å². The molecule has 0 bridgehead atoms. The van der Waals surface area contributed by atoms with Crippen LogP contribution in [0.25, 0.3) is 0 Å². The molecule has 4 nitrogen and oxygen atoms in total. The minimum atomic E-state index is -0.472. The van der Waals surface area contributed by atoms with E-state index in [0.717, 1.165) is 24.4 Å². The van der Waals surface area contributed by atoms with Gasteiger partial charge in [0.1, 0.15) is 5.75 Å². The summed E-state index contributed by atoms with van der Waals surface area (Å²) in [5, 5.41) is 11.2. The third-order valence-corrected chi connectivity index (χ3v) is 5.79. The zero-order chi connectivity index (χ0) is 17.5. The van der Waals surface area contributed by atoms with Crippen molar-refractivity contribution < 1.29 is 9.84 Å². The molecule has 1 aromatic carbocycles. The number of para-hydroxylation sites is 1. The number of hydrogen-bond donors (Lipinski definition) is 1. The van der Waals surface area contributed by atoms with Gasteiger partial charge in [-0.3, -0.25) is 0 Å². The number of hydrogen-bond acceptors (Lipinski definition) is 4. The Morgan fingerprint density at radius 2 is 1.40 bits per heavy atom. The van der Waals surface area contributed by atoms with Gasteiger partial charge in [0.2, 0.25) is 0 Å². The second-order valence-electron chi connectivity index (χ2n) is 7.67. The Bertz CT molecular complexity index is 490. The summed E-state index contributed by atoms with van der Waals surface area (Å²) in [7, 11) is 1.69. The van der Waals surface area contributed by atoms with E-state index in [0.29, 0.717) is 0 Å². The van der Waals surface area contributed by atoms with Gasteiger partial charge in [0.05, 0.1) is 13.2 Å². The maximum Gasteiger partial charge on any atom is 0.124 e. The summed E-state index contributed by atoms with van der Waals surface area (Å²) in [6, 6.07) is 7.94. The maximum absolute atomic E-state index is 11.2. The highest BCUT2D eigenvalue weighted by molar-refractivity contribution is 5.35. The summed E-state index contributed by atoms with van der Waals surface area (Å²) < 4.78 is 5.51. The Hall–Kier alpha value is -1.10. The fourth-order valence-electron chi connectivity index (χ4n) is 4.37. The highest BCUT2D eigenvalue weighted by Crippen LogP contribution is 2.32. The van der Waals surface area contributed by atoms with Crippen LogP contribution in [0, 0.1) is 5.92 Å². The first-order chi connectivity index (χ1) is 12.3. The van der Waals surface area contributed by atoms with Gasteiger partial charge in [-0.15, -0.1) is 0 Å². The lowest BCUT2D eigenvalue weighted by Gasteiger charge is -2.37. The number of aliphatic hydroxyl groups excluding tert-OH is 1. The minimum absolute atomic E-state index is 0.229. The van der Waals surface area contributed by atoms with Gasteiger partial charge in [0.15, 0.2) is 0 Å². The molecule has 1 atom stereocenters. The molecular weight excluding hydrogens is 312 g/mol. The van der Waals surface area contributed by atoms with Crippen molar-refractivity contribution in [2.75, 3.05) is 46.4 Å². The van der Waals surface area contributed by atoms with Crippen molar-refractivity contribution >= 4 is 0 Å². The highest BCUT2D eigenvalue weighted by atomic mass is 16.5. The summed E-state index contributed by atoms with van der Waals surface area (Å²) in [4.78, 5) is 5.10. The minimum Gasteiger partial charge on any atom is -0.496 e. The van der Waals surface area contributed by atoms with Crippen LogP contribution in [0.4, 0.5) is 0 Å². The molecule has 0 saturated carbocycles. The second-order valence-corrected chi connectivity index (χ2v) is 7.67. The van der Waals surface area contributed by atoms with Crippen LogP contribution in [-0.4, -0.2) is 61.3 Å². The Morgan fingerprint density at radius 3 is 1.92 bits per heavy atom. The van der Waals surface area contributed by atoms with Crippen LogP contribution < -0.4 is 4.74 Å². The van der Waals surface area contributed by atoms with Gasteiger partial charge in [0, 0.05) is 24.6 Å². The lowest BCUT2D eigenvalue weighted by atomic mass is 9.92. The molecule has 2 aliphatic heterocycles. The Labute approximate surface area is 152 Å². The van der Waals surface area contributed by atoms with Crippen LogP contribution in [0.15, 0.2) is 24.3 Å². The van der Waals surface area contributed by atoms with E-state index in [1.807, 2.05) is 24.3 Å². The molecule has 1 aromatic rings. The van der Waals surface area contributed by atoms with Gasteiger partial charge in [-0.05, 0) is 57.9 Å². The van der Waals surface area contributed by atoms with E-state index in [2.05, 4.69) is 9.80 Å². The van der Waals surface area contributed by atoms with Gasteiger partial charge in [0.25, 0.3) is 0 Å². The first-order valence-corrected chi connectivity index (χ1v) is 10.0. The van der Waals surface area contributed by atoms with Crippen molar-refractivity contribution in [2.24, 2.45) is 5.92 Å². The molecule has 3 rings (SSSR count). The molecule has 4 heteroatoms. The Kier molecular flexibility index (Phi) is 7.14. The largest absolute Gasteiger partial charge is 0.496 e. The van der Waals surface area contributed by atoms with Crippen molar-refractivity contribution in [3.8, 4) is 5.75 Å². The Morgan fingerprint density at radius 1 is 0.880 bits per heavy atom. The van der Waals surface area contributed by atoms with E-state index >= 15 is 0 Å². The van der Waals surface area contributed by atoms with Crippen LogP contribution in [0.1, 0.15) is 50.2 Å². The maximum atomic E-state index is 11.2. The van der Waals surface area contributed by atoms with E-state index in [-0.39, 0.29) is 5.92 Å². The molecule has 25 heavy (non-hydrogen) atoms. The van der Waals surface area contributed by atoms with Gasteiger partial charge in [-0.25, -0.2) is 0 Å². The lowest BCUT2D eigenvalue weighted by Crippen LogP contribution is -2.43. The van der Waals surface area contributed by atoms with E-state index < -0.39 is 6.10 Å². The third kappa shape index (κ3) is 5.19. The standard InChI is InChI=1S/C21H34N2O2/c1-25-20-11-5-4-10-19(20)21(24)18(16-22-12-6-2-7-13-22)17-23-14-8-3-9-15-23/h4-5,10-11,18,21,24H,2-3,6-9,12-17H2,1H3. The molecule has 2 fully saturated rings. The number of benzene rings is 1. The van der Waals surface area contributed by atoms with Crippen LogP contribution in [0.3, 0.4) is 0 Å². The average molecular weight is 347 g/mol. The number of likely N-dealkylation sites (tertiary alicyclic amines) is 2. The van der Waals surface area contributed by atoms with E-state index in [4.69, 9.17) is 4.74 Å². The van der Waals surface area contributed by atoms with Crippen LogP contribution >= 0.6 is 0 Å². The SMILES string of the molecule is COc1ccccc1C(O)C(CN1CCCCC1)CN1CCCCC1. The summed E-state index contributed by atoms with van der Waals surface area (Å²) >= 11 is 0. The topological polar surface area (TPSA) is 35.9 Å². The molecule has 0 aromatic heterocycles. The lowest BCUT2D eigenvalue weighted by molar-refractivity contribution is 0.0431. The number of aliphatic hydroxyl groups is 1. The first kappa shape index (κ1) is 18.7. The van der Waals surface area contributed by atoms with E-state index in [1.165, 1.54) is 64.7 Å². The monoisotopic (exact) mass is 346 g/mol. The second kappa shape index (κ2) is 9.56. The first-order valence-electron chi connectivity index (χ1n) is 10.0. The average Bonchev–Trinajstić information content (AvgIpc) is 2.68. The van der Waals surface area contributed by atoms with Gasteiger partial charge >= 0.3 is 0 Å². The molecule has 2 saturated heterocycles. The third-order valence-electron chi connectivity index (χ3n) is 5.79. The molecule has 0 aliphatic carbocycles. The Balaban J connectivity index is 1.73. The summed E-state index contributed by atoms with van der Waals surface area (Å²) in [6.07, 6.45) is 7.40. The number of methoxy groups -OCH3 is 1. The molecule has 0 spiro atoms. The molecule has 2 aliphatic rings. The van der Waals surface area contributed by atoms with Crippen molar-refractivity contribution in [2.45, 2.75) is 44.6 Å². The number of nitrogens with zero attached hydrogens (tertiary/aromatic N) is 2. The zero-order valence-corrected chi connectivity index (χ0v) is 15.7. The fraction of sp³-hybridized carbons (Fsp3) is 0.714. The van der Waals surface area contributed by atoms with Gasteiger partial charge in [-0.1, -0.05) is 31.0 Å². The number of ether oxygens (including phenoxy) is 1. The van der Waals surface area contributed by atoms with Gasteiger partial charge in [-0.2, -0.15) is 0 Å². The van der Waals surface area contributed by atoms with Gasteiger partial charge < -0.3 is 19.6 Å². The smallest absolute Gasteiger partial charge is 0.124 e. The zero-order valence-electron chi connectivity index (χ0n) is 15.7. The summed E-state index contributed by atoms with van der Waals surface area (Å²) in [5.41, 5.74) is 0.934. The molecule has 2 heterocycles. The molecule has 140 valence electrons. The molecule has 1 N–H and O–H groups in total. The highest BCUT2D eigenvalue weighted by Gasteiger charge is 2.28. The normalized spacial score (nSPS) is 21.4. The van der Waals surface area contributed by atoms with Crippen LogP contribution in [-0.2, 0) is 0 Å². The number of rotatable bonds is 7. The van der Waals surface area contributed by atoms with Crippen molar-refractivity contribution in [3.63, 3.8) is 0 Å². The number of piperidine rings is 2. The predicted octanol–water partition coefficient (Wildman–Crippen LogP) is 3.32. The predicted molar refractivity (Wildman–Crippen MR) is 102 cm³/mol. The molecule has 1 unspecified atom stereocenters. The van der Waals surface area contributed by atoms with Crippen molar-refractivity contribution in [3.05, 3.63) is 29.8 Å². The molecule has 0 radical (unpaired) electrons. The van der Waals surface area contributed by atoms with Crippen molar-refractivity contribution in [1.29, 1.82) is 0 Å². The van der Waals surface area contributed by atoms with E-state index in [9.17, 15) is 5.11 Å². The van der Waals surface area contributed by atoms with Crippen molar-refractivity contribution in [1.82, 2.24) is 9.80 Å². The fourth-order valence-corrected chi connectivity index (χ4v) is 4.37.